The van der Waals surface area contributed by atoms with Crippen molar-refractivity contribution in [3.63, 3.8) is 0 Å². The smallest absolute Gasteiger partial charge is 0.223 e. The molecule has 0 spiro atoms. The van der Waals surface area contributed by atoms with Crippen molar-refractivity contribution in [3.05, 3.63) is 29.3 Å². The van der Waals surface area contributed by atoms with E-state index in [2.05, 4.69) is 0 Å². The van der Waals surface area contributed by atoms with Crippen molar-refractivity contribution in [2.45, 2.75) is 13.3 Å². The molecule has 1 aliphatic rings. The summed E-state index contributed by atoms with van der Waals surface area (Å²) in [5.41, 5.74) is 2.34. The highest BCUT2D eigenvalue weighted by atomic mass is 16.4. The molecule has 0 aliphatic carbocycles. The summed E-state index contributed by atoms with van der Waals surface area (Å²) in [6, 6.07) is 5.31. The minimum Gasteiger partial charge on any atom is -0.544 e. The van der Waals surface area contributed by atoms with E-state index in [4.69, 9.17) is 0 Å². The SMILES string of the molecule is CC(=O)N1CCc2ccc(C(=O)C[NH+](C)CC(=O)[O-])cc21. The van der Waals surface area contributed by atoms with Gasteiger partial charge in [0.25, 0.3) is 0 Å². The second kappa shape index (κ2) is 6.05. The number of carboxylic acid groups (broad SMARTS) is 1. The molecule has 1 heterocycles. The molecule has 2 rings (SSSR count). The standard InChI is InChI=1S/C15H18N2O4/c1-10(18)17-6-5-11-3-4-12(7-13(11)17)14(19)8-16(2)9-15(20)21/h3-4,7H,5-6,8-9H2,1-2H3,(H,20,21). The van der Waals surface area contributed by atoms with Crippen LogP contribution in [-0.4, -0.2) is 44.3 Å². The molecule has 1 aromatic carbocycles. The second-order valence-electron chi connectivity index (χ2n) is 5.37. The van der Waals surface area contributed by atoms with E-state index in [0.29, 0.717) is 17.0 Å². The van der Waals surface area contributed by atoms with Crippen LogP contribution in [-0.2, 0) is 16.0 Å². The number of fused-ring (bicyclic) bond motifs is 1. The molecule has 0 bridgehead atoms. The first kappa shape index (κ1) is 15.2. The molecule has 6 nitrogen and oxygen atoms in total. The van der Waals surface area contributed by atoms with Crippen molar-refractivity contribution in [2.75, 3.05) is 31.6 Å². The molecule has 1 atom stereocenters. The first-order valence-electron chi connectivity index (χ1n) is 6.84. The fraction of sp³-hybridized carbons (Fsp3) is 0.400. The average Bonchev–Trinajstić information content (AvgIpc) is 2.80. The van der Waals surface area contributed by atoms with Gasteiger partial charge >= 0.3 is 0 Å². The van der Waals surface area contributed by atoms with Gasteiger partial charge in [0.2, 0.25) is 11.7 Å². The number of anilines is 1. The predicted molar refractivity (Wildman–Crippen MR) is 74.1 cm³/mol. The second-order valence-corrected chi connectivity index (χ2v) is 5.37. The number of ketones is 1. The van der Waals surface area contributed by atoms with E-state index in [9.17, 15) is 19.5 Å². The van der Waals surface area contributed by atoms with Gasteiger partial charge in [-0.05, 0) is 18.1 Å². The highest BCUT2D eigenvalue weighted by Gasteiger charge is 2.24. The number of carbonyl (C=O) groups is 3. The molecule has 1 unspecified atom stereocenters. The first-order chi connectivity index (χ1) is 9.88. The van der Waals surface area contributed by atoms with Crippen LogP contribution in [0.5, 0.6) is 0 Å². The van der Waals surface area contributed by atoms with Gasteiger partial charge in [0, 0.05) is 24.7 Å². The Morgan fingerprint density at radius 2 is 2.00 bits per heavy atom. The summed E-state index contributed by atoms with van der Waals surface area (Å²) in [7, 11) is 1.63. The Morgan fingerprint density at radius 1 is 1.29 bits per heavy atom. The predicted octanol–water partition coefficient (Wildman–Crippen LogP) is -1.96. The largest absolute Gasteiger partial charge is 0.544 e. The topological polar surface area (TPSA) is 82.0 Å². The molecule has 0 radical (unpaired) electrons. The number of benzene rings is 1. The van der Waals surface area contributed by atoms with Crippen LogP contribution in [0.25, 0.3) is 0 Å². The third-order valence-electron chi connectivity index (χ3n) is 3.59. The van der Waals surface area contributed by atoms with Crippen molar-refractivity contribution in [2.24, 2.45) is 0 Å². The van der Waals surface area contributed by atoms with E-state index in [0.717, 1.165) is 17.7 Å². The maximum atomic E-state index is 12.2. The lowest BCUT2D eigenvalue weighted by molar-refractivity contribution is -0.864. The van der Waals surface area contributed by atoms with E-state index in [1.807, 2.05) is 6.07 Å². The van der Waals surface area contributed by atoms with Crippen molar-refractivity contribution in [1.82, 2.24) is 0 Å². The zero-order chi connectivity index (χ0) is 15.6. The fourth-order valence-corrected chi connectivity index (χ4v) is 2.56. The number of likely N-dealkylation sites (N-methyl/N-ethyl adjacent to an activating group) is 1. The summed E-state index contributed by atoms with van der Waals surface area (Å²) < 4.78 is 0. The fourth-order valence-electron chi connectivity index (χ4n) is 2.56. The van der Waals surface area contributed by atoms with Crippen LogP contribution in [0.1, 0.15) is 22.8 Å². The number of amides is 1. The minimum atomic E-state index is -1.18. The van der Waals surface area contributed by atoms with Gasteiger partial charge in [-0.2, -0.15) is 0 Å². The Balaban J connectivity index is 2.15. The number of nitrogens with one attached hydrogen (secondary N) is 1. The number of nitrogens with zero attached hydrogens (tertiary/aromatic N) is 1. The van der Waals surface area contributed by atoms with E-state index in [1.54, 1.807) is 24.1 Å². The van der Waals surface area contributed by atoms with Gasteiger partial charge in [-0.1, -0.05) is 12.1 Å². The molecule has 0 fully saturated rings. The van der Waals surface area contributed by atoms with Gasteiger partial charge < -0.3 is 19.7 Å². The zero-order valence-electron chi connectivity index (χ0n) is 12.1. The number of rotatable bonds is 5. The number of hydrogen-bond donors (Lipinski definition) is 1. The zero-order valence-corrected chi connectivity index (χ0v) is 12.1. The molecule has 0 aromatic heterocycles. The summed E-state index contributed by atoms with van der Waals surface area (Å²) in [4.78, 5) is 36.5. The van der Waals surface area contributed by atoms with Gasteiger partial charge in [-0.25, -0.2) is 0 Å². The average molecular weight is 290 g/mol. The minimum absolute atomic E-state index is 0.0435. The Labute approximate surface area is 123 Å². The van der Waals surface area contributed by atoms with Crippen LogP contribution in [0.2, 0.25) is 0 Å². The van der Waals surface area contributed by atoms with Crippen molar-refractivity contribution in [1.29, 1.82) is 0 Å². The summed E-state index contributed by atoms with van der Waals surface area (Å²) in [6.07, 6.45) is 0.791. The summed E-state index contributed by atoms with van der Waals surface area (Å²) in [5.74, 6) is -1.37. The first-order valence-corrected chi connectivity index (χ1v) is 6.84. The Kier molecular flexibility index (Phi) is 4.37. The van der Waals surface area contributed by atoms with Gasteiger partial charge in [0.05, 0.1) is 13.0 Å². The Morgan fingerprint density at radius 3 is 2.62 bits per heavy atom. The summed E-state index contributed by atoms with van der Waals surface area (Å²) >= 11 is 0. The highest BCUT2D eigenvalue weighted by molar-refractivity contribution is 6.00. The molecular formula is C15H18N2O4. The van der Waals surface area contributed by atoms with Gasteiger partial charge in [0.15, 0.2) is 0 Å². The number of hydrogen-bond acceptors (Lipinski definition) is 4. The molecular weight excluding hydrogens is 272 g/mol. The van der Waals surface area contributed by atoms with Crippen molar-refractivity contribution < 1.29 is 24.4 Å². The van der Waals surface area contributed by atoms with Crippen LogP contribution in [0, 0.1) is 0 Å². The van der Waals surface area contributed by atoms with E-state index in [1.165, 1.54) is 6.92 Å². The quantitative estimate of drug-likeness (QED) is 0.639. The van der Waals surface area contributed by atoms with E-state index < -0.39 is 5.97 Å². The monoisotopic (exact) mass is 290 g/mol. The number of quaternary nitrogens is 1. The van der Waals surface area contributed by atoms with Crippen LogP contribution >= 0.6 is 0 Å². The third-order valence-corrected chi connectivity index (χ3v) is 3.59. The van der Waals surface area contributed by atoms with Gasteiger partial charge in [0.1, 0.15) is 13.1 Å². The molecule has 1 amide bonds. The Hall–Kier alpha value is -2.21. The molecule has 1 N–H and O–H groups in total. The normalized spacial score (nSPS) is 14.7. The van der Waals surface area contributed by atoms with E-state index in [-0.39, 0.29) is 24.8 Å². The van der Waals surface area contributed by atoms with Crippen LogP contribution in [0.4, 0.5) is 5.69 Å². The van der Waals surface area contributed by atoms with Crippen molar-refractivity contribution in [3.8, 4) is 0 Å². The highest BCUT2D eigenvalue weighted by Crippen LogP contribution is 2.29. The molecule has 112 valence electrons. The molecule has 1 aliphatic heterocycles. The van der Waals surface area contributed by atoms with Crippen molar-refractivity contribution >= 4 is 23.3 Å². The third kappa shape index (κ3) is 3.46. The summed E-state index contributed by atoms with van der Waals surface area (Å²) in [6.45, 7) is 2.00. The number of carbonyl (C=O) groups excluding carboxylic acids is 3. The number of aliphatic carboxylic acids is 1. The lowest BCUT2D eigenvalue weighted by Crippen LogP contribution is -3.11. The number of Topliss-reactive ketones (excluding diaryl/α,β-unsaturated/α-hetero) is 1. The van der Waals surface area contributed by atoms with Crippen LogP contribution in [0.15, 0.2) is 18.2 Å². The number of carboxylic acids is 1. The lowest BCUT2D eigenvalue weighted by atomic mass is 10.1. The Bertz CT molecular complexity index is 597. The maximum absolute atomic E-state index is 12.2. The molecule has 0 saturated carbocycles. The maximum Gasteiger partial charge on any atom is 0.223 e. The molecule has 1 aromatic rings. The van der Waals surface area contributed by atoms with Crippen LogP contribution < -0.4 is 14.9 Å². The molecule has 0 saturated heterocycles. The lowest BCUT2D eigenvalue weighted by Gasteiger charge is -2.16. The molecule has 21 heavy (non-hydrogen) atoms. The van der Waals surface area contributed by atoms with E-state index >= 15 is 0 Å². The van der Waals surface area contributed by atoms with Gasteiger partial charge in [-0.3, -0.25) is 9.59 Å². The van der Waals surface area contributed by atoms with Gasteiger partial charge in [-0.15, -0.1) is 0 Å². The molecule has 6 heteroatoms. The van der Waals surface area contributed by atoms with Crippen LogP contribution in [0.3, 0.4) is 0 Å². The summed E-state index contributed by atoms with van der Waals surface area (Å²) in [5, 5.41) is 10.5.